The highest BCUT2D eigenvalue weighted by atomic mass is 32.2. The van der Waals surface area contributed by atoms with Crippen molar-refractivity contribution >= 4 is 17.7 Å². The molecule has 0 N–H and O–H groups in total. The molecular weight excluding hydrogens is 369 g/mol. The molecule has 2 aromatic carbocycles. The van der Waals surface area contributed by atoms with E-state index in [1.54, 1.807) is 31.2 Å². The molecule has 27 heavy (non-hydrogen) atoms. The van der Waals surface area contributed by atoms with Crippen LogP contribution in [0.3, 0.4) is 0 Å². The lowest BCUT2D eigenvalue weighted by Gasteiger charge is -2.09. The fourth-order valence-electron chi connectivity index (χ4n) is 2.28. The third-order valence-electron chi connectivity index (χ3n) is 3.56. The molecule has 0 amide bonds. The molecule has 0 aliphatic carbocycles. The van der Waals surface area contributed by atoms with E-state index >= 15 is 0 Å². The number of carbonyl (C=O) groups excluding carboxylic acids is 1. The summed E-state index contributed by atoms with van der Waals surface area (Å²) in [6, 6.07) is 12.8. The van der Waals surface area contributed by atoms with Crippen molar-refractivity contribution in [3.8, 4) is 6.07 Å². The lowest BCUT2D eigenvalue weighted by atomic mass is 10.1. The standard InChI is InChI=1S/C19H14FN3O3S/c1-12-22-18(26-23-12)11-27-17-5-3-2-4-15(17)19(24)25-10-14-8-13(9-21)6-7-16(14)20/h2-8H,10-11H2,1H3. The summed E-state index contributed by atoms with van der Waals surface area (Å²) in [7, 11) is 0. The predicted molar refractivity (Wildman–Crippen MR) is 95.3 cm³/mol. The normalized spacial score (nSPS) is 10.4. The minimum absolute atomic E-state index is 0.147. The number of hydrogen-bond acceptors (Lipinski definition) is 7. The van der Waals surface area contributed by atoms with Crippen LogP contribution in [-0.2, 0) is 17.1 Å². The molecule has 0 bridgehead atoms. The second-order valence-electron chi connectivity index (χ2n) is 5.51. The van der Waals surface area contributed by atoms with Crippen molar-refractivity contribution in [3.63, 3.8) is 0 Å². The molecule has 0 atom stereocenters. The van der Waals surface area contributed by atoms with E-state index in [4.69, 9.17) is 14.5 Å². The Labute approximate surface area is 159 Å². The Morgan fingerprint density at radius 2 is 2.15 bits per heavy atom. The molecule has 0 aliphatic rings. The smallest absolute Gasteiger partial charge is 0.339 e. The van der Waals surface area contributed by atoms with Crippen LogP contribution in [0.4, 0.5) is 4.39 Å². The predicted octanol–water partition coefficient (Wildman–Crippen LogP) is 4.04. The lowest BCUT2D eigenvalue weighted by molar-refractivity contribution is 0.0465. The summed E-state index contributed by atoms with van der Waals surface area (Å²) in [5.74, 6) is 0.290. The van der Waals surface area contributed by atoms with Crippen molar-refractivity contribution in [3.05, 3.63) is 76.7 Å². The first-order valence-electron chi connectivity index (χ1n) is 7.93. The van der Waals surface area contributed by atoms with Crippen LogP contribution in [0.15, 0.2) is 51.9 Å². The van der Waals surface area contributed by atoms with Crippen LogP contribution in [0, 0.1) is 24.1 Å². The van der Waals surface area contributed by atoms with Gasteiger partial charge < -0.3 is 9.26 Å². The molecule has 136 valence electrons. The van der Waals surface area contributed by atoms with E-state index in [-0.39, 0.29) is 12.2 Å². The molecule has 0 spiro atoms. The van der Waals surface area contributed by atoms with Gasteiger partial charge in [0.15, 0.2) is 5.82 Å². The van der Waals surface area contributed by atoms with Crippen LogP contribution >= 0.6 is 11.8 Å². The van der Waals surface area contributed by atoms with Gasteiger partial charge in [-0.25, -0.2) is 9.18 Å². The molecule has 0 saturated heterocycles. The zero-order valence-corrected chi connectivity index (χ0v) is 15.1. The van der Waals surface area contributed by atoms with Gasteiger partial charge in [-0.1, -0.05) is 17.3 Å². The molecule has 8 heteroatoms. The number of aryl methyl sites for hydroxylation is 1. The van der Waals surface area contributed by atoms with E-state index in [1.807, 2.05) is 6.07 Å². The number of hydrogen-bond donors (Lipinski definition) is 0. The Bertz CT molecular complexity index is 1010. The Morgan fingerprint density at radius 1 is 1.33 bits per heavy atom. The van der Waals surface area contributed by atoms with E-state index in [2.05, 4.69) is 10.1 Å². The van der Waals surface area contributed by atoms with Crippen molar-refractivity contribution in [2.24, 2.45) is 0 Å². The Hall–Kier alpha value is -3.18. The number of ether oxygens (including phenoxy) is 1. The highest BCUT2D eigenvalue weighted by Crippen LogP contribution is 2.26. The zero-order chi connectivity index (χ0) is 19.2. The van der Waals surface area contributed by atoms with Gasteiger partial charge in [0, 0.05) is 10.5 Å². The number of carbonyl (C=O) groups is 1. The van der Waals surface area contributed by atoms with Crippen LogP contribution in [-0.4, -0.2) is 16.1 Å². The summed E-state index contributed by atoms with van der Waals surface area (Å²) in [6.45, 7) is 1.46. The van der Waals surface area contributed by atoms with Crippen molar-refractivity contribution in [2.75, 3.05) is 0 Å². The number of nitriles is 1. The quantitative estimate of drug-likeness (QED) is 0.469. The number of benzene rings is 2. The molecule has 1 heterocycles. The number of halogens is 1. The first-order valence-corrected chi connectivity index (χ1v) is 8.92. The van der Waals surface area contributed by atoms with Gasteiger partial charge in [0.25, 0.3) is 0 Å². The van der Waals surface area contributed by atoms with Gasteiger partial charge in [-0.3, -0.25) is 0 Å². The van der Waals surface area contributed by atoms with Crippen LogP contribution in [0.1, 0.15) is 33.2 Å². The molecule has 1 aromatic heterocycles. The van der Waals surface area contributed by atoms with E-state index in [0.717, 1.165) is 0 Å². The van der Waals surface area contributed by atoms with Crippen molar-refractivity contribution < 1.29 is 18.4 Å². The molecule has 0 fully saturated rings. The highest BCUT2D eigenvalue weighted by molar-refractivity contribution is 7.98. The van der Waals surface area contributed by atoms with Gasteiger partial charge >= 0.3 is 5.97 Å². The lowest BCUT2D eigenvalue weighted by Crippen LogP contribution is -2.08. The van der Waals surface area contributed by atoms with Gasteiger partial charge in [-0.05, 0) is 37.3 Å². The summed E-state index contributed by atoms with van der Waals surface area (Å²) >= 11 is 1.36. The third-order valence-corrected chi connectivity index (χ3v) is 4.62. The Kier molecular flexibility index (Phi) is 5.84. The minimum Gasteiger partial charge on any atom is -0.457 e. The number of rotatable bonds is 6. The van der Waals surface area contributed by atoms with Crippen LogP contribution in [0.2, 0.25) is 0 Å². The summed E-state index contributed by atoms with van der Waals surface area (Å²) in [5, 5.41) is 12.6. The van der Waals surface area contributed by atoms with E-state index in [0.29, 0.717) is 33.5 Å². The Balaban J connectivity index is 1.69. The summed E-state index contributed by atoms with van der Waals surface area (Å²) in [5.41, 5.74) is 0.803. The summed E-state index contributed by atoms with van der Waals surface area (Å²) in [4.78, 5) is 17.2. The van der Waals surface area contributed by atoms with Gasteiger partial charge in [-0.15, -0.1) is 11.8 Å². The van der Waals surface area contributed by atoms with Crippen molar-refractivity contribution in [1.82, 2.24) is 10.1 Å². The highest BCUT2D eigenvalue weighted by Gasteiger charge is 2.15. The monoisotopic (exact) mass is 383 g/mol. The molecule has 0 unspecified atom stereocenters. The zero-order valence-electron chi connectivity index (χ0n) is 14.3. The number of nitrogens with zero attached hydrogens (tertiary/aromatic N) is 3. The molecule has 0 radical (unpaired) electrons. The maximum atomic E-state index is 13.8. The molecule has 3 rings (SSSR count). The van der Waals surface area contributed by atoms with E-state index < -0.39 is 11.8 Å². The fraction of sp³-hybridized carbons (Fsp3) is 0.158. The second-order valence-corrected chi connectivity index (χ2v) is 6.53. The van der Waals surface area contributed by atoms with Gasteiger partial charge in [0.05, 0.1) is 22.9 Å². The van der Waals surface area contributed by atoms with E-state index in [9.17, 15) is 9.18 Å². The number of esters is 1. The van der Waals surface area contributed by atoms with E-state index in [1.165, 1.54) is 30.0 Å². The van der Waals surface area contributed by atoms with Crippen LogP contribution in [0.25, 0.3) is 0 Å². The molecule has 0 saturated carbocycles. The fourth-order valence-corrected chi connectivity index (χ4v) is 3.15. The first-order chi connectivity index (χ1) is 13.1. The topological polar surface area (TPSA) is 89.0 Å². The first kappa shape index (κ1) is 18.6. The largest absolute Gasteiger partial charge is 0.457 e. The molecule has 6 nitrogen and oxygen atoms in total. The second kappa shape index (κ2) is 8.47. The number of aromatic nitrogens is 2. The summed E-state index contributed by atoms with van der Waals surface area (Å²) in [6.07, 6.45) is 0. The van der Waals surface area contributed by atoms with Gasteiger partial charge in [0.1, 0.15) is 12.4 Å². The average Bonchev–Trinajstić information content (AvgIpc) is 3.11. The molecule has 3 aromatic rings. The van der Waals surface area contributed by atoms with Crippen LogP contribution < -0.4 is 0 Å². The van der Waals surface area contributed by atoms with Crippen LogP contribution in [0.5, 0.6) is 0 Å². The van der Waals surface area contributed by atoms with Crippen molar-refractivity contribution in [1.29, 1.82) is 5.26 Å². The summed E-state index contributed by atoms with van der Waals surface area (Å²) < 4.78 is 24.1. The maximum Gasteiger partial charge on any atom is 0.339 e. The Morgan fingerprint density at radius 3 is 2.89 bits per heavy atom. The SMILES string of the molecule is Cc1noc(CSc2ccccc2C(=O)OCc2cc(C#N)ccc2F)n1. The average molecular weight is 383 g/mol. The maximum absolute atomic E-state index is 13.8. The third kappa shape index (κ3) is 4.71. The minimum atomic E-state index is -0.582. The molecular formula is C19H14FN3O3S. The molecule has 0 aliphatic heterocycles. The van der Waals surface area contributed by atoms with Gasteiger partial charge in [-0.2, -0.15) is 10.2 Å². The number of thioether (sulfide) groups is 1. The van der Waals surface area contributed by atoms with Crippen molar-refractivity contribution in [2.45, 2.75) is 24.2 Å². The van der Waals surface area contributed by atoms with Gasteiger partial charge in [0.2, 0.25) is 5.89 Å².